The van der Waals surface area contributed by atoms with Gasteiger partial charge in [0, 0.05) is 6.04 Å². The number of methoxy groups -OCH3 is 1. The summed E-state index contributed by atoms with van der Waals surface area (Å²) in [7, 11) is 1.59. The molecule has 0 unspecified atom stereocenters. The van der Waals surface area contributed by atoms with Gasteiger partial charge in [0.25, 0.3) is 0 Å². The Morgan fingerprint density at radius 2 is 1.78 bits per heavy atom. The fourth-order valence-electron chi connectivity index (χ4n) is 3.48. The monoisotopic (exact) mass is 379 g/mol. The minimum atomic E-state index is -4.40. The van der Waals surface area contributed by atoms with Crippen LogP contribution in [-0.2, 0) is 4.79 Å². The number of carbonyl (C=O) groups is 1. The molecule has 0 aromatic heterocycles. The predicted octanol–water partition coefficient (Wildman–Crippen LogP) is 5.14. The van der Waals surface area contributed by atoms with Crippen LogP contribution >= 0.6 is 0 Å². The van der Waals surface area contributed by atoms with Crippen molar-refractivity contribution in [3.63, 3.8) is 0 Å². The zero-order chi connectivity index (χ0) is 19.8. The third-order valence-electron chi connectivity index (χ3n) is 5.37. The summed E-state index contributed by atoms with van der Waals surface area (Å²) in [5.41, 5.74) is 0.716. The van der Waals surface area contributed by atoms with Gasteiger partial charge in [0.2, 0.25) is 5.91 Å². The lowest BCUT2D eigenvalue weighted by molar-refractivity contribution is -0.166. The summed E-state index contributed by atoms with van der Waals surface area (Å²) in [6.07, 6.45) is -2.64. The van der Waals surface area contributed by atoms with E-state index in [1.54, 1.807) is 27.0 Å². The summed E-state index contributed by atoms with van der Waals surface area (Å²) >= 11 is 0. The summed E-state index contributed by atoms with van der Waals surface area (Å²) in [5, 5.41) is 1.88. The van der Waals surface area contributed by atoms with Crippen molar-refractivity contribution in [1.82, 2.24) is 4.90 Å². The van der Waals surface area contributed by atoms with Crippen LogP contribution in [0.5, 0.6) is 5.75 Å². The van der Waals surface area contributed by atoms with Crippen LogP contribution in [0.3, 0.4) is 0 Å². The van der Waals surface area contributed by atoms with Gasteiger partial charge in [0.05, 0.1) is 13.0 Å². The fourth-order valence-corrected chi connectivity index (χ4v) is 3.48. The first-order chi connectivity index (χ1) is 12.7. The smallest absolute Gasteiger partial charge is 0.406 e. The molecule has 1 aliphatic rings. The largest absolute Gasteiger partial charge is 0.497 e. The fraction of sp³-hybridized carbons (Fsp3) is 0.476. The minimum Gasteiger partial charge on any atom is -0.497 e. The summed E-state index contributed by atoms with van der Waals surface area (Å²) in [5.74, 6) is -0.207. The number of amides is 1. The molecule has 0 spiro atoms. The number of ether oxygens (including phenoxy) is 1. The van der Waals surface area contributed by atoms with Gasteiger partial charge in [-0.15, -0.1) is 0 Å². The standard InChI is InChI=1S/C21H24F3NO2/c1-13(16-6-7-18-11-19(27-3)9-8-17(18)10-16)20(26)25(12-21(22,23)24)14(2)15-4-5-15/h6-11,13-15H,4-5,12H2,1-3H3/t13-,14-/m1/s1. The second-order valence-electron chi connectivity index (χ2n) is 7.35. The van der Waals surface area contributed by atoms with Gasteiger partial charge in [-0.05, 0) is 61.1 Å². The third-order valence-corrected chi connectivity index (χ3v) is 5.37. The lowest BCUT2D eigenvalue weighted by Gasteiger charge is -2.32. The molecule has 0 aliphatic heterocycles. The molecule has 6 heteroatoms. The summed E-state index contributed by atoms with van der Waals surface area (Å²) in [4.78, 5) is 14.0. The Labute approximate surface area is 157 Å². The Hall–Kier alpha value is -2.24. The van der Waals surface area contributed by atoms with E-state index < -0.39 is 30.6 Å². The van der Waals surface area contributed by atoms with E-state index >= 15 is 0 Å². The van der Waals surface area contributed by atoms with Crippen LogP contribution in [-0.4, -0.2) is 36.7 Å². The van der Waals surface area contributed by atoms with Crippen molar-refractivity contribution < 1.29 is 22.7 Å². The van der Waals surface area contributed by atoms with Gasteiger partial charge in [-0.1, -0.05) is 24.3 Å². The Bertz CT molecular complexity index is 830. The quantitative estimate of drug-likeness (QED) is 0.695. The van der Waals surface area contributed by atoms with Crippen molar-refractivity contribution in [2.24, 2.45) is 5.92 Å². The SMILES string of the molecule is COc1ccc2cc([C@@H](C)C(=O)N(CC(F)(F)F)[C@H](C)C3CC3)ccc2c1. The van der Waals surface area contributed by atoms with E-state index in [-0.39, 0.29) is 5.92 Å². The molecule has 3 nitrogen and oxygen atoms in total. The normalized spacial score (nSPS) is 16.8. The first-order valence-corrected chi connectivity index (χ1v) is 9.14. The molecule has 1 amide bonds. The lowest BCUT2D eigenvalue weighted by Crippen LogP contribution is -2.47. The lowest BCUT2D eigenvalue weighted by atomic mass is 9.95. The summed E-state index contributed by atoms with van der Waals surface area (Å²) in [6, 6.07) is 10.7. The zero-order valence-corrected chi connectivity index (χ0v) is 15.7. The van der Waals surface area contributed by atoms with Gasteiger partial charge in [-0.25, -0.2) is 0 Å². The van der Waals surface area contributed by atoms with E-state index in [9.17, 15) is 18.0 Å². The predicted molar refractivity (Wildman–Crippen MR) is 98.9 cm³/mol. The van der Waals surface area contributed by atoms with E-state index in [0.717, 1.165) is 34.3 Å². The molecule has 0 bridgehead atoms. The first-order valence-electron chi connectivity index (χ1n) is 9.14. The Morgan fingerprint density at radius 3 is 2.37 bits per heavy atom. The van der Waals surface area contributed by atoms with Crippen LogP contribution in [0.25, 0.3) is 10.8 Å². The number of alkyl halides is 3. The number of hydrogen-bond acceptors (Lipinski definition) is 2. The molecule has 0 N–H and O–H groups in total. The highest BCUT2D eigenvalue weighted by atomic mass is 19.4. The number of carbonyl (C=O) groups excluding carboxylic acids is 1. The maximum Gasteiger partial charge on any atom is 0.406 e. The van der Waals surface area contributed by atoms with Gasteiger partial charge < -0.3 is 9.64 Å². The highest BCUT2D eigenvalue weighted by Gasteiger charge is 2.41. The molecular formula is C21H24F3NO2. The van der Waals surface area contributed by atoms with E-state index in [1.807, 2.05) is 30.3 Å². The number of fused-ring (bicyclic) bond motifs is 1. The molecule has 1 aliphatic carbocycles. The van der Waals surface area contributed by atoms with Crippen LogP contribution in [0, 0.1) is 5.92 Å². The van der Waals surface area contributed by atoms with Crippen LogP contribution < -0.4 is 4.74 Å². The van der Waals surface area contributed by atoms with Crippen molar-refractivity contribution in [2.45, 2.75) is 44.8 Å². The third kappa shape index (κ3) is 4.54. The minimum absolute atomic E-state index is 0.174. The van der Waals surface area contributed by atoms with Crippen LogP contribution in [0.4, 0.5) is 13.2 Å². The average molecular weight is 379 g/mol. The molecule has 2 atom stereocenters. The van der Waals surface area contributed by atoms with E-state index in [4.69, 9.17) is 4.74 Å². The van der Waals surface area contributed by atoms with Crippen LogP contribution in [0.15, 0.2) is 36.4 Å². The maximum absolute atomic E-state index is 13.1. The Morgan fingerprint density at radius 1 is 1.15 bits per heavy atom. The van der Waals surface area contributed by atoms with Gasteiger partial charge >= 0.3 is 6.18 Å². The molecule has 146 valence electrons. The molecule has 0 heterocycles. The number of nitrogens with zero attached hydrogens (tertiary/aromatic N) is 1. The van der Waals surface area contributed by atoms with Crippen molar-refractivity contribution in [3.05, 3.63) is 42.0 Å². The Kier molecular flexibility index (Phi) is 5.36. The summed E-state index contributed by atoms with van der Waals surface area (Å²) < 4.78 is 44.4. The molecule has 1 fully saturated rings. The topological polar surface area (TPSA) is 29.5 Å². The van der Waals surface area contributed by atoms with Gasteiger partial charge in [0.1, 0.15) is 12.3 Å². The maximum atomic E-state index is 13.1. The zero-order valence-electron chi connectivity index (χ0n) is 15.7. The molecular weight excluding hydrogens is 355 g/mol. The second kappa shape index (κ2) is 7.41. The van der Waals surface area contributed by atoms with Crippen molar-refractivity contribution in [1.29, 1.82) is 0 Å². The molecule has 2 aromatic rings. The van der Waals surface area contributed by atoms with Crippen molar-refractivity contribution in [3.8, 4) is 5.75 Å². The van der Waals surface area contributed by atoms with Gasteiger partial charge in [-0.3, -0.25) is 4.79 Å². The highest BCUT2D eigenvalue weighted by molar-refractivity contribution is 5.88. The number of benzene rings is 2. The average Bonchev–Trinajstić information content (AvgIpc) is 3.48. The second-order valence-corrected chi connectivity index (χ2v) is 7.35. The highest BCUT2D eigenvalue weighted by Crippen LogP contribution is 2.37. The van der Waals surface area contributed by atoms with Gasteiger partial charge in [-0.2, -0.15) is 13.2 Å². The van der Waals surface area contributed by atoms with Crippen LogP contribution in [0.2, 0.25) is 0 Å². The molecule has 27 heavy (non-hydrogen) atoms. The number of halogens is 3. The number of hydrogen-bond donors (Lipinski definition) is 0. The van der Waals surface area contributed by atoms with E-state index in [0.29, 0.717) is 5.56 Å². The van der Waals surface area contributed by atoms with Crippen molar-refractivity contribution >= 4 is 16.7 Å². The van der Waals surface area contributed by atoms with Crippen molar-refractivity contribution in [2.75, 3.05) is 13.7 Å². The van der Waals surface area contributed by atoms with Crippen LogP contribution in [0.1, 0.15) is 38.2 Å². The molecule has 0 saturated heterocycles. The molecule has 0 radical (unpaired) electrons. The Balaban J connectivity index is 1.86. The number of rotatable bonds is 6. The first kappa shape index (κ1) is 19.5. The summed E-state index contributed by atoms with van der Waals surface area (Å²) in [6.45, 7) is 2.20. The molecule has 2 aromatic carbocycles. The van der Waals surface area contributed by atoms with E-state index in [1.165, 1.54) is 0 Å². The molecule has 3 rings (SSSR count). The van der Waals surface area contributed by atoms with Gasteiger partial charge in [0.15, 0.2) is 0 Å². The molecule has 1 saturated carbocycles. The van der Waals surface area contributed by atoms with E-state index in [2.05, 4.69) is 0 Å².